The Morgan fingerprint density at radius 2 is 2.23 bits per heavy atom. The molecule has 0 fully saturated rings. The summed E-state index contributed by atoms with van der Waals surface area (Å²) < 4.78 is 14.1. The van der Waals surface area contributed by atoms with Crippen LogP contribution in [0, 0.1) is 5.82 Å². The van der Waals surface area contributed by atoms with Gasteiger partial charge in [-0.15, -0.1) is 5.10 Å². The lowest BCUT2D eigenvalue weighted by molar-refractivity contribution is 0.627. The molecule has 0 aliphatic heterocycles. The van der Waals surface area contributed by atoms with Gasteiger partial charge < -0.3 is 5.73 Å². The molecule has 0 aliphatic carbocycles. The monoisotopic (exact) mass is 178 g/mol. The van der Waals surface area contributed by atoms with Crippen molar-refractivity contribution in [2.24, 2.45) is 0 Å². The second-order valence-electron chi connectivity index (χ2n) is 2.55. The number of nitrogens with zero attached hydrogens (tertiary/aromatic N) is 3. The molecular weight excluding hydrogens is 171 g/mol. The van der Waals surface area contributed by atoms with Crippen LogP contribution in [-0.2, 0) is 0 Å². The molecule has 4 nitrogen and oxygen atoms in total. The third kappa shape index (κ3) is 1.35. The highest BCUT2D eigenvalue weighted by molar-refractivity contribution is 5.56. The van der Waals surface area contributed by atoms with Crippen molar-refractivity contribution >= 4 is 5.69 Å². The quantitative estimate of drug-likeness (QED) is 0.662. The van der Waals surface area contributed by atoms with Crippen LogP contribution >= 0.6 is 0 Å². The van der Waals surface area contributed by atoms with E-state index in [1.54, 1.807) is 12.3 Å². The maximum Gasteiger partial charge on any atom is 0.125 e. The van der Waals surface area contributed by atoms with Gasteiger partial charge in [0.1, 0.15) is 5.82 Å². The summed E-state index contributed by atoms with van der Waals surface area (Å²) in [4.78, 5) is 0. The van der Waals surface area contributed by atoms with Gasteiger partial charge in [0.25, 0.3) is 0 Å². The lowest BCUT2D eigenvalue weighted by atomic mass is 10.2. The van der Waals surface area contributed by atoms with Crippen LogP contribution in [0.3, 0.4) is 0 Å². The number of benzene rings is 1. The predicted molar refractivity (Wildman–Crippen MR) is 45.7 cm³/mol. The third-order valence-electron chi connectivity index (χ3n) is 1.66. The molecule has 0 saturated carbocycles. The molecule has 0 aliphatic rings. The van der Waals surface area contributed by atoms with E-state index in [2.05, 4.69) is 10.3 Å². The van der Waals surface area contributed by atoms with Gasteiger partial charge in [0, 0.05) is 0 Å². The Kier molecular flexibility index (Phi) is 1.70. The number of aromatic nitrogens is 3. The second kappa shape index (κ2) is 2.85. The summed E-state index contributed by atoms with van der Waals surface area (Å²) in [7, 11) is 0. The van der Waals surface area contributed by atoms with Crippen LogP contribution < -0.4 is 5.73 Å². The van der Waals surface area contributed by atoms with Crippen LogP contribution in [0.25, 0.3) is 5.69 Å². The molecule has 2 rings (SSSR count). The van der Waals surface area contributed by atoms with Crippen LogP contribution in [0.5, 0.6) is 0 Å². The minimum Gasteiger partial charge on any atom is -0.397 e. The summed E-state index contributed by atoms with van der Waals surface area (Å²) in [6.07, 6.45) is 3.17. The molecule has 5 heteroatoms. The number of halogens is 1. The Balaban J connectivity index is 2.53. The maximum atomic E-state index is 12.7. The van der Waals surface area contributed by atoms with Crippen molar-refractivity contribution in [2.45, 2.75) is 0 Å². The molecule has 0 bridgehead atoms. The molecule has 0 amide bonds. The Bertz CT molecular complexity index is 410. The molecule has 0 atom stereocenters. The first-order valence-corrected chi connectivity index (χ1v) is 3.69. The number of hydrogen-bond donors (Lipinski definition) is 1. The van der Waals surface area contributed by atoms with E-state index in [1.807, 2.05) is 0 Å². The van der Waals surface area contributed by atoms with Gasteiger partial charge in [-0.05, 0) is 18.2 Å². The third-order valence-corrected chi connectivity index (χ3v) is 1.66. The first kappa shape index (κ1) is 7.72. The van der Waals surface area contributed by atoms with Crippen molar-refractivity contribution in [2.75, 3.05) is 5.73 Å². The van der Waals surface area contributed by atoms with E-state index < -0.39 is 0 Å². The topological polar surface area (TPSA) is 56.7 Å². The summed E-state index contributed by atoms with van der Waals surface area (Å²) in [5.41, 5.74) is 6.55. The first-order valence-electron chi connectivity index (χ1n) is 3.69. The summed E-state index contributed by atoms with van der Waals surface area (Å²) in [5, 5.41) is 7.37. The molecule has 66 valence electrons. The lowest BCUT2D eigenvalue weighted by Crippen LogP contribution is -2.00. The molecule has 1 heterocycles. The van der Waals surface area contributed by atoms with Crippen molar-refractivity contribution < 1.29 is 4.39 Å². The molecule has 13 heavy (non-hydrogen) atoms. The minimum absolute atomic E-state index is 0.338. The number of anilines is 1. The van der Waals surface area contributed by atoms with Crippen LogP contribution in [0.15, 0.2) is 30.6 Å². The zero-order valence-corrected chi connectivity index (χ0v) is 6.68. The predicted octanol–water partition coefficient (Wildman–Crippen LogP) is 0.989. The number of nitrogens with two attached hydrogens (primary N) is 1. The molecule has 0 radical (unpaired) electrons. The van der Waals surface area contributed by atoms with E-state index in [1.165, 1.54) is 23.0 Å². The maximum absolute atomic E-state index is 12.7. The summed E-state index contributed by atoms with van der Waals surface area (Å²) >= 11 is 0. The van der Waals surface area contributed by atoms with Crippen molar-refractivity contribution in [3.63, 3.8) is 0 Å². The van der Waals surface area contributed by atoms with E-state index in [0.717, 1.165) is 0 Å². The smallest absolute Gasteiger partial charge is 0.125 e. The zero-order chi connectivity index (χ0) is 9.26. The number of hydrogen-bond acceptors (Lipinski definition) is 3. The van der Waals surface area contributed by atoms with Gasteiger partial charge in [-0.1, -0.05) is 5.21 Å². The standard InChI is InChI=1S/C8H7FN4/c9-6-1-2-8(7(10)5-6)13-4-3-11-12-13/h1-5H,10H2. The highest BCUT2D eigenvalue weighted by Crippen LogP contribution is 2.16. The van der Waals surface area contributed by atoms with Crippen LogP contribution in [0.2, 0.25) is 0 Å². The molecular formula is C8H7FN4. The molecule has 2 aromatic rings. The van der Waals surface area contributed by atoms with Crippen molar-refractivity contribution in [3.05, 3.63) is 36.4 Å². The molecule has 2 N–H and O–H groups in total. The Labute approximate surface area is 73.8 Å². The van der Waals surface area contributed by atoms with E-state index in [0.29, 0.717) is 11.4 Å². The van der Waals surface area contributed by atoms with Crippen molar-refractivity contribution in [1.82, 2.24) is 15.0 Å². The Morgan fingerprint density at radius 1 is 1.38 bits per heavy atom. The van der Waals surface area contributed by atoms with Crippen molar-refractivity contribution in [3.8, 4) is 5.69 Å². The molecule has 1 aromatic heterocycles. The molecule has 1 aromatic carbocycles. The fraction of sp³-hybridized carbons (Fsp3) is 0. The molecule has 0 saturated heterocycles. The first-order chi connectivity index (χ1) is 6.27. The van der Waals surface area contributed by atoms with Gasteiger partial charge in [-0.3, -0.25) is 0 Å². The van der Waals surface area contributed by atoms with E-state index in [4.69, 9.17) is 5.73 Å². The minimum atomic E-state index is -0.360. The Hall–Kier alpha value is -1.91. The normalized spacial score (nSPS) is 10.2. The second-order valence-corrected chi connectivity index (χ2v) is 2.55. The molecule has 0 spiro atoms. The lowest BCUT2D eigenvalue weighted by Gasteiger charge is -2.03. The van der Waals surface area contributed by atoms with Crippen LogP contribution in [-0.4, -0.2) is 15.0 Å². The zero-order valence-electron chi connectivity index (χ0n) is 6.68. The van der Waals surface area contributed by atoms with Gasteiger partial charge in [0.2, 0.25) is 0 Å². The summed E-state index contributed by atoms with van der Waals surface area (Å²) in [6, 6.07) is 4.13. The van der Waals surface area contributed by atoms with E-state index >= 15 is 0 Å². The average molecular weight is 178 g/mol. The van der Waals surface area contributed by atoms with Gasteiger partial charge in [-0.2, -0.15) is 0 Å². The SMILES string of the molecule is Nc1cc(F)ccc1-n1ccnn1. The Morgan fingerprint density at radius 3 is 2.85 bits per heavy atom. The van der Waals surface area contributed by atoms with E-state index in [-0.39, 0.29) is 5.82 Å². The van der Waals surface area contributed by atoms with Gasteiger partial charge in [0.15, 0.2) is 0 Å². The van der Waals surface area contributed by atoms with Gasteiger partial charge >= 0.3 is 0 Å². The average Bonchev–Trinajstić information content (AvgIpc) is 2.56. The highest BCUT2D eigenvalue weighted by atomic mass is 19.1. The van der Waals surface area contributed by atoms with E-state index in [9.17, 15) is 4.39 Å². The highest BCUT2D eigenvalue weighted by Gasteiger charge is 2.02. The largest absolute Gasteiger partial charge is 0.397 e. The number of rotatable bonds is 1. The van der Waals surface area contributed by atoms with Crippen LogP contribution in [0.4, 0.5) is 10.1 Å². The fourth-order valence-electron chi connectivity index (χ4n) is 1.07. The fourth-order valence-corrected chi connectivity index (χ4v) is 1.07. The molecule has 0 unspecified atom stereocenters. The summed E-state index contributed by atoms with van der Waals surface area (Å²) in [5.74, 6) is -0.360. The van der Waals surface area contributed by atoms with Crippen LogP contribution in [0.1, 0.15) is 0 Å². The van der Waals surface area contributed by atoms with Gasteiger partial charge in [-0.25, -0.2) is 9.07 Å². The summed E-state index contributed by atoms with van der Waals surface area (Å²) in [6.45, 7) is 0. The van der Waals surface area contributed by atoms with Gasteiger partial charge in [0.05, 0.1) is 23.8 Å². The van der Waals surface area contributed by atoms with Crippen molar-refractivity contribution in [1.29, 1.82) is 0 Å². The number of nitrogen functional groups attached to an aromatic ring is 1.